The van der Waals surface area contributed by atoms with Crippen molar-refractivity contribution in [3.8, 4) is 22.4 Å². The predicted molar refractivity (Wildman–Crippen MR) is 118 cm³/mol. The number of hydrogen-bond acceptors (Lipinski definition) is 7. The van der Waals surface area contributed by atoms with Gasteiger partial charge in [-0.3, -0.25) is 9.78 Å². The van der Waals surface area contributed by atoms with Crippen molar-refractivity contribution in [1.29, 1.82) is 0 Å². The molecule has 0 bridgehead atoms. The van der Waals surface area contributed by atoms with Gasteiger partial charge in [-0.25, -0.2) is 4.98 Å². The first-order valence-corrected chi connectivity index (χ1v) is 10.3. The first kappa shape index (κ1) is 20.1. The van der Waals surface area contributed by atoms with E-state index >= 15 is 0 Å². The second kappa shape index (κ2) is 8.03. The molecule has 1 amide bonds. The van der Waals surface area contributed by atoms with E-state index in [1.807, 2.05) is 42.5 Å². The van der Waals surface area contributed by atoms with Crippen LogP contribution in [0.3, 0.4) is 0 Å². The zero-order valence-corrected chi connectivity index (χ0v) is 17.2. The van der Waals surface area contributed by atoms with E-state index in [-0.39, 0.29) is 6.54 Å². The predicted octanol–water partition coefficient (Wildman–Crippen LogP) is 1.28. The van der Waals surface area contributed by atoms with E-state index in [0.29, 0.717) is 30.1 Å². The molecule has 0 saturated heterocycles. The van der Waals surface area contributed by atoms with Gasteiger partial charge in [-0.15, -0.1) is 0 Å². The highest BCUT2D eigenvalue weighted by atomic mass is 16.3. The van der Waals surface area contributed by atoms with Crippen molar-refractivity contribution in [1.82, 2.24) is 24.5 Å². The molecule has 32 heavy (non-hydrogen) atoms. The molecule has 4 aromatic rings. The van der Waals surface area contributed by atoms with Crippen LogP contribution in [0.5, 0.6) is 0 Å². The number of nitrogens with two attached hydrogens (primary N) is 1. The molecule has 3 aromatic heterocycles. The number of aliphatic hydroxyl groups is 2. The van der Waals surface area contributed by atoms with Crippen molar-refractivity contribution < 1.29 is 15.0 Å². The van der Waals surface area contributed by atoms with Crippen molar-refractivity contribution >= 4 is 17.4 Å². The maximum absolute atomic E-state index is 12.3. The summed E-state index contributed by atoms with van der Waals surface area (Å²) in [6, 6.07) is 13.8. The van der Waals surface area contributed by atoms with Crippen LogP contribution >= 0.6 is 0 Å². The molecule has 0 spiro atoms. The highest BCUT2D eigenvalue weighted by Gasteiger charge is 2.29. The van der Waals surface area contributed by atoms with Gasteiger partial charge >= 0.3 is 0 Å². The first-order chi connectivity index (χ1) is 15.6. The summed E-state index contributed by atoms with van der Waals surface area (Å²) in [6.07, 6.45) is 2.56. The molecule has 0 radical (unpaired) electrons. The van der Waals surface area contributed by atoms with Gasteiger partial charge in [0.2, 0.25) is 0 Å². The van der Waals surface area contributed by atoms with Crippen LogP contribution in [0.25, 0.3) is 28.0 Å². The van der Waals surface area contributed by atoms with Gasteiger partial charge < -0.3 is 20.8 Å². The first-order valence-electron chi connectivity index (χ1n) is 10.3. The maximum Gasteiger partial charge on any atom is 0.254 e. The molecule has 9 heteroatoms. The second-order valence-electron chi connectivity index (χ2n) is 7.72. The van der Waals surface area contributed by atoms with Crippen LogP contribution in [0.4, 0.5) is 5.82 Å². The lowest BCUT2D eigenvalue weighted by Gasteiger charge is -2.30. The summed E-state index contributed by atoms with van der Waals surface area (Å²) in [5, 5.41) is 23.2. The summed E-state index contributed by atoms with van der Waals surface area (Å²) in [6.45, 7) is -0.0173. The zero-order valence-electron chi connectivity index (χ0n) is 17.2. The number of aromatic nitrogens is 4. The minimum absolute atomic E-state index is 0.210. The second-order valence-corrected chi connectivity index (χ2v) is 7.72. The normalized spacial score (nSPS) is 14.4. The number of hydrogen-bond donors (Lipinski definition) is 3. The SMILES string of the molecule is Nc1c2c(nc3c(-c4ccc(-c5ccccc5)nc4)cnn13)CN(C(=O)C(O)CO)CC2. The number of amides is 1. The molecule has 1 aliphatic heterocycles. The van der Waals surface area contributed by atoms with Crippen LogP contribution in [0.15, 0.2) is 54.9 Å². The van der Waals surface area contributed by atoms with E-state index in [4.69, 9.17) is 15.8 Å². The molecular weight excluding hydrogens is 408 g/mol. The van der Waals surface area contributed by atoms with Gasteiger partial charge in [0.25, 0.3) is 5.91 Å². The molecule has 162 valence electrons. The standard InChI is InChI=1S/C23H22N6O3/c24-21-16-8-9-28(23(32)20(31)13-30)12-19(16)27-22-17(11-26-29(21)22)15-6-7-18(25-10-15)14-4-2-1-3-5-14/h1-7,10-11,20,30-31H,8-9,12-13,24H2. The molecule has 0 fully saturated rings. The Kier molecular flexibility index (Phi) is 5.04. The van der Waals surface area contributed by atoms with Gasteiger partial charge in [0.05, 0.1) is 30.7 Å². The number of carbonyl (C=O) groups is 1. The fraction of sp³-hybridized carbons (Fsp3) is 0.217. The average Bonchev–Trinajstić information content (AvgIpc) is 3.27. The average molecular weight is 430 g/mol. The Bertz CT molecular complexity index is 1290. The van der Waals surface area contributed by atoms with Gasteiger partial charge in [0.15, 0.2) is 11.8 Å². The summed E-state index contributed by atoms with van der Waals surface area (Å²) in [4.78, 5) is 23.1. The van der Waals surface area contributed by atoms with Gasteiger partial charge in [0, 0.05) is 35.0 Å². The van der Waals surface area contributed by atoms with Crippen LogP contribution in [-0.4, -0.2) is 59.9 Å². The number of aliphatic hydroxyl groups excluding tert-OH is 2. The van der Waals surface area contributed by atoms with E-state index in [1.165, 1.54) is 4.90 Å². The molecular formula is C23H22N6O3. The largest absolute Gasteiger partial charge is 0.393 e. The van der Waals surface area contributed by atoms with Crippen molar-refractivity contribution in [2.45, 2.75) is 19.1 Å². The number of nitrogens with zero attached hydrogens (tertiary/aromatic N) is 5. The number of anilines is 1. The molecule has 1 atom stereocenters. The third kappa shape index (κ3) is 3.37. The van der Waals surface area contributed by atoms with Crippen LogP contribution in [0.2, 0.25) is 0 Å². The Morgan fingerprint density at radius 3 is 2.66 bits per heavy atom. The number of fused-ring (bicyclic) bond motifs is 2. The molecule has 4 N–H and O–H groups in total. The van der Waals surface area contributed by atoms with Gasteiger partial charge in [0.1, 0.15) is 5.82 Å². The number of benzene rings is 1. The molecule has 1 aromatic carbocycles. The third-order valence-corrected chi connectivity index (χ3v) is 5.76. The molecule has 9 nitrogen and oxygen atoms in total. The molecule has 1 unspecified atom stereocenters. The number of pyridine rings is 1. The van der Waals surface area contributed by atoms with Gasteiger partial charge in [-0.1, -0.05) is 36.4 Å². The zero-order chi connectivity index (χ0) is 22.2. The molecule has 0 aliphatic carbocycles. The summed E-state index contributed by atoms with van der Waals surface area (Å²) >= 11 is 0. The van der Waals surface area contributed by atoms with Crippen LogP contribution < -0.4 is 5.73 Å². The van der Waals surface area contributed by atoms with Gasteiger partial charge in [-0.2, -0.15) is 9.61 Å². The Morgan fingerprint density at radius 2 is 1.94 bits per heavy atom. The van der Waals surface area contributed by atoms with Crippen molar-refractivity contribution in [2.24, 2.45) is 0 Å². The van der Waals surface area contributed by atoms with Crippen molar-refractivity contribution in [2.75, 3.05) is 18.9 Å². The fourth-order valence-corrected chi connectivity index (χ4v) is 4.02. The quantitative estimate of drug-likeness (QED) is 0.445. The number of nitrogen functional groups attached to an aromatic ring is 1. The summed E-state index contributed by atoms with van der Waals surface area (Å²) < 4.78 is 1.61. The maximum atomic E-state index is 12.3. The van der Waals surface area contributed by atoms with E-state index in [0.717, 1.165) is 27.9 Å². The van der Waals surface area contributed by atoms with Crippen LogP contribution in [0, 0.1) is 0 Å². The highest BCUT2D eigenvalue weighted by molar-refractivity contribution is 5.82. The Balaban J connectivity index is 1.51. The van der Waals surface area contributed by atoms with Crippen LogP contribution in [-0.2, 0) is 17.8 Å². The summed E-state index contributed by atoms with van der Waals surface area (Å²) in [5.74, 6) is -0.0345. The van der Waals surface area contributed by atoms with Crippen molar-refractivity contribution in [3.63, 3.8) is 0 Å². The monoisotopic (exact) mass is 430 g/mol. The molecule has 1 aliphatic rings. The van der Waals surface area contributed by atoms with Crippen molar-refractivity contribution in [3.05, 3.63) is 66.1 Å². The summed E-state index contributed by atoms with van der Waals surface area (Å²) in [5.41, 5.74) is 12.0. The molecule has 0 saturated carbocycles. The Hall–Kier alpha value is -3.82. The number of rotatable bonds is 4. The van der Waals surface area contributed by atoms with E-state index in [2.05, 4.69) is 10.1 Å². The number of carbonyl (C=O) groups excluding carboxylic acids is 1. The third-order valence-electron chi connectivity index (χ3n) is 5.76. The molecule has 4 heterocycles. The lowest BCUT2D eigenvalue weighted by Crippen LogP contribution is -2.44. The smallest absolute Gasteiger partial charge is 0.254 e. The summed E-state index contributed by atoms with van der Waals surface area (Å²) in [7, 11) is 0. The lowest BCUT2D eigenvalue weighted by atomic mass is 10.0. The topological polar surface area (TPSA) is 130 Å². The Morgan fingerprint density at radius 1 is 1.12 bits per heavy atom. The fourth-order valence-electron chi connectivity index (χ4n) is 4.02. The minimum atomic E-state index is -1.43. The van der Waals surface area contributed by atoms with E-state index in [1.54, 1.807) is 16.9 Å². The molecule has 5 rings (SSSR count). The van der Waals surface area contributed by atoms with E-state index < -0.39 is 18.6 Å². The lowest BCUT2D eigenvalue weighted by molar-refractivity contribution is -0.143. The highest BCUT2D eigenvalue weighted by Crippen LogP contribution is 2.30. The minimum Gasteiger partial charge on any atom is -0.393 e. The van der Waals surface area contributed by atoms with Gasteiger partial charge in [-0.05, 0) is 12.5 Å². The van der Waals surface area contributed by atoms with Crippen LogP contribution in [0.1, 0.15) is 11.3 Å². The van der Waals surface area contributed by atoms with E-state index in [9.17, 15) is 9.90 Å². The Labute approximate surface area is 183 Å².